The maximum Gasteiger partial charge on any atom is 0.253 e. The summed E-state index contributed by atoms with van der Waals surface area (Å²) in [5, 5.41) is 0.915. The van der Waals surface area contributed by atoms with Gasteiger partial charge in [-0.1, -0.05) is 23.9 Å². The number of benzene rings is 2. The molecule has 0 radical (unpaired) electrons. The maximum absolute atomic E-state index is 13.1. The van der Waals surface area contributed by atoms with Crippen LogP contribution >= 0.6 is 11.8 Å². The molecule has 32 heavy (non-hydrogen) atoms. The molecular formula is C24H28FN5OS. The van der Waals surface area contributed by atoms with Crippen LogP contribution in [0.4, 0.5) is 4.39 Å². The molecule has 2 atom stereocenters. The van der Waals surface area contributed by atoms with Crippen molar-refractivity contribution in [3.8, 4) is 5.69 Å². The number of hydrazine groups is 1. The summed E-state index contributed by atoms with van der Waals surface area (Å²) in [6.45, 7) is 0.693. The van der Waals surface area contributed by atoms with E-state index in [1.165, 1.54) is 12.1 Å². The normalized spacial score (nSPS) is 18.1. The minimum atomic E-state index is -0.218. The third-order valence-electron chi connectivity index (χ3n) is 5.83. The lowest BCUT2D eigenvalue weighted by molar-refractivity contribution is 0.0791. The van der Waals surface area contributed by atoms with Gasteiger partial charge in [0.2, 0.25) is 0 Å². The molecular weight excluding hydrogens is 425 g/mol. The van der Waals surface area contributed by atoms with Crippen LogP contribution in [0.25, 0.3) is 5.69 Å². The summed E-state index contributed by atoms with van der Waals surface area (Å²) in [6, 6.07) is 14.8. The van der Waals surface area contributed by atoms with Crippen LogP contribution in [0.5, 0.6) is 0 Å². The predicted molar refractivity (Wildman–Crippen MR) is 125 cm³/mol. The molecule has 2 heterocycles. The van der Waals surface area contributed by atoms with E-state index >= 15 is 0 Å². The quantitative estimate of drug-likeness (QED) is 0.501. The molecule has 6 nitrogen and oxygen atoms in total. The Kier molecular flexibility index (Phi) is 7.24. The zero-order valence-corrected chi connectivity index (χ0v) is 19.1. The van der Waals surface area contributed by atoms with Gasteiger partial charge in [-0.3, -0.25) is 20.2 Å². The number of nitrogens with zero attached hydrogens (tertiary/aromatic N) is 3. The molecule has 168 valence electrons. The summed E-state index contributed by atoms with van der Waals surface area (Å²) in [5.74, 6) is -0.195. The van der Waals surface area contributed by atoms with Crippen molar-refractivity contribution in [2.45, 2.75) is 36.5 Å². The highest BCUT2D eigenvalue weighted by molar-refractivity contribution is 7.98. The fourth-order valence-corrected chi connectivity index (χ4v) is 4.55. The average molecular weight is 454 g/mol. The second-order valence-electron chi connectivity index (χ2n) is 8.03. The zero-order valence-electron chi connectivity index (χ0n) is 18.3. The fourth-order valence-electron chi connectivity index (χ4n) is 4.02. The van der Waals surface area contributed by atoms with Crippen molar-refractivity contribution in [2.24, 2.45) is 0 Å². The maximum atomic E-state index is 13.1. The van der Waals surface area contributed by atoms with E-state index in [4.69, 9.17) is 0 Å². The Morgan fingerprint density at radius 1 is 1.19 bits per heavy atom. The summed E-state index contributed by atoms with van der Waals surface area (Å²) in [7, 11) is 1.85. The predicted octanol–water partition coefficient (Wildman–Crippen LogP) is 4.19. The smallest absolute Gasteiger partial charge is 0.253 e. The van der Waals surface area contributed by atoms with Crippen molar-refractivity contribution >= 4 is 17.7 Å². The van der Waals surface area contributed by atoms with Gasteiger partial charge in [0.25, 0.3) is 5.91 Å². The molecule has 4 rings (SSSR count). The molecule has 1 aromatic heterocycles. The fraction of sp³-hybridized carbons (Fsp3) is 0.333. The molecule has 2 aromatic carbocycles. The van der Waals surface area contributed by atoms with Crippen molar-refractivity contribution in [1.82, 2.24) is 25.3 Å². The van der Waals surface area contributed by atoms with Crippen LogP contribution in [-0.2, 0) is 0 Å². The minimum absolute atomic E-state index is 0.0222. The molecule has 1 amide bonds. The summed E-state index contributed by atoms with van der Waals surface area (Å²) in [5.41, 5.74) is 9.37. The SMILES string of the molecule is CSc1nccn1-c1ccc(C(=O)N(C)CCCC2CC(c3ccc(F)cc3)NN2)cc1. The van der Waals surface area contributed by atoms with E-state index in [2.05, 4.69) is 15.8 Å². The van der Waals surface area contributed by atoms with Gasteiger partial charge in [-0.15, -0.1) is 0 Å². The molecule has 0 spiro atoms. The Morgan fingerprint density at radius 3 is 2.66 bits per heavy atom. The highest BCUT2D eigenvalue weighted by Gasteiger charge is 2.24. The first-order chi connectivity index (χ1) is 15.5. The molecule has 2 N–H and O–H groups in total. The number of halogens is 1. The molecule has 1 fully saturated rings. The Labute approximate surface area is 192 Å². The van der Waals surface area contributed by atoms with E-state index in [1.807, 2.05) is 60.5 Å². The van der Waals surface area contributed by atoms with Crippen LogP contribution in [0.1, 0.15) is 41.2 Å². The topological polar surface area (TPSA) is 62.2 Å². The van der Waals surface area contributed by atoms with Crippen molar-refractivity contribution in [3.05, 3.63) is 77.9 Å². The van der Waals surface area contributed by atoms with Crippen molar-refractivity contribution in [2.75, 3.05) is 19.8 Å². The monoisotopic (exact) mass is 453 g/mol. The number of nitrogens with one attached hydrogen (secondary N) is 2. The molecule has 0 aliphatic carbocycles. The molecule has 0 bridgehead atoms. The van der Waals surface area contributed by atoms with Gasteiger partial charge in [-0.25, -0.2) is 9.37 Å². The number of amides is 1. The lowest BCUT2D eigenvalue weighted by atomic mass is 9.99. The summed E-state index contributed by atoms with van der Waals surface area (Å²) in [6.07, 6.45) is 8.49. The Balaban J connectivity index is 1.25. The number of hydrogen-bond donors (Lipinski definition) is 2. The lowest BCUT2D eigenvalue weighted by Gasteiger charge is -2.18. The summed E-state index contributed by atoms with van der Waals surface area (Å²) >= 11 is 1.58. The second kappa shape index (κ2) is 10.3. The standard InChI is InChI=1S/C24H28FN5OS/c1-29(14-3-4-20-16-22(28-27-20)17-5-9-19(25)10-6-17)23(31)18-7-11-21(12-8-18)30-15-13-26-24(30)32-2/h5-13,15,20,22,27-28H,3-4,14,16H2,1-2H3. The number of carbonyl (C=O) groups excluding carboxylic acids is 1. The third kappa shape index (κ3) is 5.20. The Hall–Kier alpha value is -2.68. The number of aromatic nitrogens is 2. The van der Waals surface area contributed by atoms with Crippen molar-refractivity contribution in [3.63, 3.8) is 0 Å². The Morgan fingerprint density at radius 2 is 1.94 bits per heavy atom. The lowest BCUT2D eigenvalue weighted by Crippen LogP contribution is -2.32. The number of rotatable bonds is 8. The number of carbonyl (C=O) groups is 1. The van der Waals surface area contributed by atoms with Gasteiger partial charge in [0, 0.05) is 49.3 Å². The van der Waals surface area contributed by atoms with Gasteiger partial charge < -0.3 is 4.90 Å². The van der Waals surface area contributed by atoms with Gasteiger partial charge >= 0.3 is 0 Å². The van der Waals surface area contributed by atoms with E-state index in [0.717, 1.165) is 35.7 Å². The number of thioether (sulfide) groups is 1. The number of imidazole rings is 1. The van der Waals surface area contributed by atoms with Crippen molar-refractivity contribution < 1.29 is 9.18 Å². The van der Waals surface area contributed by atoms with Crippen LogP contribution in [0.2, 0.25) is 0 Å². The minimum Gasteiger partial charge on any atom is -0.342 e. The molecule has 1 aliphatic heterocycles. The zero-order chi connectivity index (χ0) is 22.5. The van der Waals surface area contributed by atoms with Crippen LogP contribution < -0.4 is 10.9 Å². The molecule has 1 aliphatic rings. The van der Waals surface area contributed by atoms with Gasteiger partial charge in [0.05, 0.1) is 0 Å². The second-order valence-corrected chi connectivity index (χ2v) is 8.80. The van der Waals surface area contributed by atoms with Gasteiger partial charge in [0.1, 0.15) is 5.82 Å². The number of hydrogen-bond acceptors (Lipinski definition) is 5. The van der Waals surface area contributed by atoms with Crippen LogP contribution in [0, 0.1) is 5.82 Å². The van der Waals surface area contributed by atoms with Crippen LogP contribution in [-0.4, -0.2) is 46.2 Å². The molecule has 0 saturated carbocycles. The first kappa shape index (κ1) is 22.5. The highest BCUT2D eigenvalue weighted by atomic mass is 32.2. The third-order valence-corrected chi connectivity index (χ3v) is 6.50. The molecule has 3 aromatic rings. The Bertz CT molecular complexity index is 1040. The molecule has 1 saturated heterocycles. The van der Waals surface area contributed by atoms with Crippen molar-refractivity contribution in [1.29, 1.82) is 0 Å². The molecule has 8 heteroatoms. The average Bonchev–Trinajstić information content (AvgIpc) is 3.49. The largest absolute Gasteiger partial charge is 0.342 e. The van der Waals surface area contributed by atoms with Crippen LogP contribution in [0.3, 0.4) is 0 Å². The van der Waals surface area contributed by atoms with E-state index in [1.54, 1.807) is 22.9 Å². The highest BCUT2D eigenvalue weighted by Crippen LogP contribution is 2.24. The van der Waals surface area contributed by atoms with E-state index in [0.29, 0.717) is 18.2 Å². The van der Waals surface area contributed by atoms with Gasteiger partial charge in [-0.05, 0) is 67.5 Å². The van der Waals surface area contributed by atoms with E-state index < -0.39 is 0 Å². The summed E-state index contributed by atoms with van der Waals surface area (Å²) < 4.78 is 15.1. The molecule has 2 unspecified atom stereocenters. The van der Waals surface area contributed by atoms with Gasteiger partial charge in [-0.2, -0.15) is 0 Å². The first-order valence-corrected chi connectivity index (χ1v) is 12.0. The summed E-state index contributed by atoms with van der Waals surface area (Å²) in [4.78, 5) is 18.9. The van der Waals surface area contributed by atoms with E-state index in [9.17, 15) is 9.18 Å². The van der Waals surface area contributed by atoms with Crippen LogP contribution in [0.15, 0.2) is 66.1 Å². The van der Waals surface area contributed by atoms with E-state index in [-0.39, 0.29) is 17.8 Å². The van der Waals surface area contributed by atoms with Gasteiger partial charge in [0.15, 0.2) is 5.16 Å². The first-order valence-electron chi connectivity index (χ1n) is 10.7.